The number of nitrogens with zero attached hydrogens (tertiary/aromatic N) is 4. The van der Waals surface area contributed by atoms with E-state index in [0.717, 1.165) is 24.2 Å². The van der Waals surface area contributed by atoms with Crippen molar-refractivity contribution in [1.29, 1.82) is 5.26 Å². The fourth-order valence-corrected chi connectivity index (χ4v) is 1.93. The number of rotatable bonds is 4. The number of aromatic nitrogens is 3. The van der Waals surface area contributed by atoms with Crippen molar-refractivity contribution < 1.29 is 20.1 Å². The van der Waals surface area contributed by atoms with Crippen LogP contribution in [0.1, 0.15) is 44.0 Å². The monoisotopic (exact) mass is 432 g/mol. The van der Waals surface area contributed by atoms with Crippen molar-refractivity contribution in [1.82, 2.24) is 14.8 Å². The SMILES string of the molecule is CCC(CC)c1c[c-]c(-n2ccc(C#N)n2)cn1.[Ir]. The van der Waals surface area contributed by atoms with Crippen LogP contribution in [-0.4, -0.2) is 14.8 Å². The Hall–Kier alpha value is -1.50. The first-order chi connectivity index (χ1) is 8.78. The van der Waals surface area contributed by atoms with Crippen molar-refractivity contribution >= 4 is 0 Å². The molecule has 0 saturated heterocycles. The van der Waals surface area contributed by atoms with E-state index in [-0.39, 0.29) is 20.1 Å². The molecule has 5 heteroatoms. The third kappa shape index (κ3) is 3.50. The van der Waals surface area contributed by atoms with Gasteiger partial charge in [0, 0.05) is 26.3 Å². The summed E-state index contributed by atoms with van der Waals surface area (Å²) in [5.74, 6) is 0.489. The summed E-state index contributed by atoms with van der Waals surface area (Å²) in [6, 6.07) is 8.75. The van der Waals surface area contributed by atoms with E-state index in [4.69, 9.17) is 5.26 Å². The van der Waals surface area contributed by atoms with Gasteiger partial charge < -0.3 is 4.98 Å². The van der Waals surface area contributed by atoms with E-state index in [0.29, 0.717) is 11.6 Å². The van der Waals surface area contributed by atoms with Crippen molar-refractivity contribution in [3.63, 3.8) is 0 Å². The van der Waals surface area contributed by atoms with Gasteiger partial charge in [0.1, 0.15) is 6.07 Å². The van der Waals surface area contributed by atoms with E-state index in [1.54, 1.807) is 23.1 Å². The molecule has 0 atom stereocenters. The molecule has 2 aromatic rings. The summed E-state index contributed by atoms with van der Waals surface area (Å²) in [6.45, 7) is 4.33. The first kappa shape index (κ1) is 15.6. The van der Waals surface area contributed by atoms with Crippen LogP contribution in [-0.2, 0) is 20.1 Å². The topological polar surface area (TPSA) is 54.5 Å². The quantitative estimate of drug-likeness (QED) is 0.700. The molecule has 0 saturated carbocycles. The van der Waals surface area contributed by atoms with E-state index in [1.165, 1.54) is 0 Å². The molecule has 0 spiro atoms. The smallest absolute Gasteiger partial charge is 0.162 e. The van der Waals surface area contributed by atoms with Gasteiger partial charge in [-0.05, 0) is 17.7 Å². The van der Waals surface area contributed by atoms with Gasteiger partial charge in [-0.1, -0.05) is 38.6 Å². The maximum atomic E-state index is 8.73. The zero-order valence-corrected chi connectivity index (χ0v) is 13.3. The van der Waals surface area contributed by atoms with Crippen LogP contribution in [0.3, 0.4) is 0 Å². The van der Waals surface area contributed by atoms with Crippen LogP contribution >= 0.6 is 0 Å². The van der Waals surface area contributed by atoms with Gasteiger partial charge in [0.25, 0.3) is 0 Å². The van der Waals surface area contributed by atoms with Crippen molar-refractivity contribution in [3.05, 3.63) is 42.0 Å². The molecule has 0 fully saturated rings. The van der Waals surface area contributed by atoms with Gasteiger partial charge in [0.2, 0.25) is 0 Å². The first-order valence-electron chi connectivity index (χ1n) is 6.12. The van der Waals surface area contributed by atoms with Gasteiger partial charge in [-0.2, -0.15) is 22.5 Å². The van der Waals surface area contributed by atoms with Crippen LogP contribution in [0, 0.1) is 17.4 Å². The third-order valence-corrected chi connectivity index (χ3v) is 3.06. The molecule has 4 nitrogen and oxygen atoms in total. The largest absolute Gasteiger partial charge is 0.385 e. The number of pyridine rings is 1. The summed E-state index contributed by atoms with van der Waals surface area (Å²) in [5.41, 5.74) is 2.22. The normalized spacial score (nSPS) is 10.0. The zero-order chi connectivity index (χ0) is 13.0. The Morgan fingerprint density at radius 3 is 2.63 bits per heavy atom. The second-order valence-corrected chi connectivity index (χ2v) is 4.13. The molecule has 0 aliphatic heterocycles. The summed E-state index contributed by atoms with van der Waals surface area (Å²) >= 11 is 0. The molecule has 0 bridgehead atoms. The Morgan fingerprint density at radius 2 is 2.16 bits per heavy atom. The van der Waals surface area contributed by atoms with Gasteiger partial charge >= 0.3 is 0 Å². The van der Waals surface area contributed by atoms with Gasteiger partial charge in [-0.25, -0.2) is 0 Å². The minimum absolute atomic E-state index is 0. The Labute approximate surface area is 126 Å². The molecule has 101 valence electrons. The van der Waals surface area contributed by atoms with Crippen molar-refractivity contribution in [2.24, 2.45) is 0 Å². The fourth-order valence-electron chi connectivity index (χ4n) is 1.93. The van der Waals surface area contributed by atoms with E-state index < -0.39 is 0 Å². The Kier molecular flexibility index (Phi) is 5.88. The molecular weight excluding hydrogens is 416 g/mol. The van der Waals surface area contributed by atoms with Crippen LogP contribution in [0.5, 0.6) is 0 Å². The molecule has 0 aliphatic rings. The van der Waals surface area contributed by atoms with Crippen LogP contribution in [0.15, 0.2) is 24.5 Å². The fraction of sp³-hybridized carbons (Fsp3) is 0.357. The third-order valence-electron chi connectivity index (χ3n) is 3.06. The van der Waals surface area contributed by atoms with E-state index in [2.05, 4.69) is 30.0 Å². The summed E-state index contributed by atoms with van der Waals surface area (Å²) in [4.78, 5) is 4.46. The van der Waals surface area contributed by atoms with Crippen LogP contribution in [0.2, 0.25) is 0 Å². The Balaban J connectivity index is 0.00000180. The zero-order valence-electron chi connectivity index (χ0n) is 10.9. The molecular formula is C14H15IrN4-. The molecule has 0 unspecified atom stereocenters. The van der Waals surface area contributed by atoms with Gasteiger partial charge in [0.15, 0.2) is 5.69 Å². The summed E-state index contributed by atoms with van der Waals surface area (Å²) < 4.78 is 1.61. The molecule has 2 heterocycles. The Bertz CT molecular complexity index is 550. The second-order valence-electron chi connectivity index (χ2n) is 4.13. The van der Waals surface area contributed by atoms with Crippen LogP contribution < -0.4 is 0 Å². The van der Waals surface area contributed by atoms with Crippen molar-refractivity contribution in [3.8, 4) is 11.8 Å². The van der Waals surface area contributed by atoms with Crippen LogP contribution in [0.25, 0.3) is 5.69 Å². The molecule has 2 aromatic heterocycles. The van der Waals surface area contributed by atoms with E-state index in [1.807, 2.05) is 12.1 Å². The van der Waals surface area contributed by atoms with E-state index >= 15 is 0 Å². The molecule has 0 amide bonds. The number of hydrogen-bond donors (Lipinski definition) is 0. The summed E-state index contributed by atoms with van der Waals surface area (Å²) in [6.07, 6.45) is 5.65. The van der Waals surface area contributed by atoms with Crippen molar-refractivity contribution in [2.45, 2.75) is 32.6 Å². The summed E-state index contributed by atoms with van der Waals surface area (Å²) in [5, 5.41) is 12.8. The van der Waals surface area contributed by atoms with E-state index in [9.17, 15) is 0 Å². The molecule has 2 rings (SSSR count). The Morgan fingerprint density at radius 1 is 1.42 bits per heavy atom. The standard InChI is InChI=1S/C14H15N4.Ir/c1-3-11(4-2)14-6-5-13(10-16-14)18-8-7-12(9-15)17-18;/h6-8,10-11H,3-4H2,1-2H3;/q-1;. The molecule has 0 N–H and O–H groups in total. The maximum absolute atomic E-state index is 8.73. The maximum Gasteiger partial charge on any atom is 0.162 e. The van der Waals surface area contributed by atoms with Crippen molar-refractivity contribution in [2.75, 3.05) is 0 Å². The predicted octanol–water partition coefficient (Wildman–Crippen LogP) is 2.84. The average Bonchev–Trinajstić information content (AvgIpc) is 2.90. The predicted molar refractivity (Wildman–Crippen MR) is 68.2 cm³/mol. The van der Waals surface area contributed by atoms with Crippen LogP contribution in [0.4, 0.5) is 0 Å². The second kappa shape index (κ2) is 7.18. The minimum atomic E-state index is 0. The molecule has 19 heavy (non-hydrogen) atoms. The molecule has 1 radical (unpaired) electrons. The van der Waals surface area contributed by atoms with Gasteiger partial charge in [-0.15, -0.1) is 0 Å². The van der Waals surface area contributed by atoms with Gasteiger partial charge in [-0.3, -0.25) is 4.68 Å². The first-order valence-corrected chi connectivity index (χ1v) is 6.12. The molecule has 0 aromatic carbocycles. The van der Waals surface area contributed by atoms with Gasteiger partial charge in [0.05, 0.1) is 0 Å². The number of nitriles is 1. The summed E-state index contributed by atoms with van der Waals surface area (Å²) in [7, 11) is 0. The number of hydrogen-bond acceptors (Lipinski definition) is 3. The molecule has 0 aliphatic carbocycles. The average molecular weight is 432 g/mol. The minimum Gasteiger partial charge on any atom is -0.385 e.